The van der Waals surface area contributed by atoms with E-state index >= 15 is 0 Å². The number of nitrogens with one attached hydrogen (secondary N) is 1. The van der Waals surface area contributed by atoms with Crippen LogP contribution in [-0.2, 0) is 6.54 Å². The molecule has 2 aromatic rings. The molecule has 5 nitrogen and oxygen atoms in total. The third-order valence-electron chi connectivity index (χ3n) is 3.69. The number of nitrogens with zero attached hydrogens (tertiary/aromatic N) is 4. The number of aromatic nitrogens is 4. The number of tetrazole rings is 1. The number of aryl methyl sites for hydroxylation is 1. The Labute approximate surface area is 113 Å². The Kier molecular flexibility index (Phi) is 3.29. The summed E-state index contributed by atoms with van der Waals surface area (Å²) in [6.07, 6.45) is 2.55. The predicted molar refractivity (Wildman–Crippen MR) is 72.7 cm³/mol. The van der Waals surface area contributed by atoms with Crippen LogP contribution in [0.2, 0.25) is 0 Å². The first-order valence-electron chi connectivity index (χ1n) is 6.81. The fourth-order valence-electron chi connectivity index (χ4n) is 2.34. The van der Waals surface area contributed by atoms with Crippen molar-refractivity contribution in [3.05, 3.63) is 41.2 Å². The highest BCUT2D eigenvalue weighted by Gasteiger charge is 2.22. The van der Waals surface area contributed by atoms with Crippen LogP contribution < -0.4 is 5.32 Å². The number of benzene rings is 1. The lowest BCUT2D eigenvalue weighted by atomic mass is 10.0. The lowest BCUT2D eigenvalue weighted by molar-refractivity contribution is 0.503. The molecule has 1 N–H and O–H groups in total. The predicted octanol–water partition coefficient (Wildman–Crippen LogP) is 1.84. The fourth-order valence-corrected chi connectivity index (χ4v) is 2.34. The van der Waals surface area contributed by atoms with Crippen LogP contribution in [-0.4, -0.2) is 26.2 Å². The average molecular weight is 257 g/mol. The van der Waals surface area contributed by atoms with Crippen LogP contribution in [0.5, 0.6) is 0 Å². The van der Waals surface area contributed by atoms with E-state index in [9.17, 15) is 0 Å². The van der Waals surface area contributed by atoms with E-state index in [0.29, 0.717) is 6.04 Å². The second kappa shape index (κ2) is 5.09. The Balaban J connectivity index is 1.81. The van der Waals surface area contributed by atoms with E-state index in [1.807, 2.05) is 4.68 Å². The molecule has 1 aromatic heterocycles. The third-order valence-corrected chi connectivity index (χ3v) is 3.69. The van der Waals surface area contributed by atoms with Crippen LogP contribution in [0, 0.1) is 6.92 Å². The smallest absolute Gasteiger partial charge is 0.165 e. The fraction of sp³-hybridized carbons (Fsp3) is 0.500. The molecule has 1 unspecified atom stereocenters. The summed E-state index contributed by atoms with van der Waals surface area (Å²) in [7, 11) is 0. The minimum atomic E-state index is 0.159. The summed E-state index contributed by atoms with van der Waals surface area (Å²) in [5, 5.41) is 15.6. The van der Waals surface area contributed by atoms with E-state index in [0.717, 1.165) is 12.4 Å². The molecule has 1 saturated carbocycles. The maximum atomic E-state index is 4.15. The van der Waals surface area contributed by atoms with Gasteiger partial charge in [-0.25, -0.2) is 4.68 Å². The molecule has 19 heavy (non-hydrogen) atoms. The summed E-state index contributed by atoms with van der Waals surface area (Å²) in [5.74, 6) is 0.905. The van der Waals surface area contributed by atoms with Gasteiger partial charge in [0.1, 0.15) is 0 Å². The molecule has 0 bridgehead atoms. The van der Waals surface area contributed by atoms with Gasteiger partial charge in [0.05, 0.1) is 12.6 Å². The highest BCUT2D eigenvalue weighted by atomic mass is 15.6. The van der Waals surface area contributed by atoms with E-state index in [1.54, 1.807) is 0 Å². The van der Waals surface area contributed by atoms with Gasteiger partial charge in [0.2, 0.25) is 0 Å². The highest BCUT2D eigenvalue weighted by molar-refractivity contribution is 5.28. The van der Waals surface area contributed by atoms with E-state index in [2.05, 4.69) is 59.0 Å². The molecule has 1 heterocycles. The molecular weight excluding hydrogens is 238 g/mol. The minimum Gasteiger partial charge on any atom is -0.307 e. The van der Waals surface area contributed by atoms with Crippen molar-refractivity contribution in [2.24, 2.45) is 0 Å². The van der Waals surface area contributed by atoms with Gasteiger partial charge in [0, 0.05) is 6.04 Å². The van der Waals surface area contributed by atoms with Crippen LogP contribution in [0.15, 0.2) is 24.3 Å². The first kappa shape index (κ1) is 12.3. The molecule has 0 spiro atoms. The highest BCUT2D eigenvalue weighted by Crippen LogP contribution is 2.22. The van der Waals surface area contributed by atoms with Crippen molar-refractivity contribution in [2.45, 2.75) is 45.3 Å². The van der Waals surface area contributed by atoms with Gasteiger partial charge in [0.25, 0.3) is 0 Å². The van der Waals surface area contributed by atoms with E-state index < -0.39 is 0 Å². The topological polar surface area (TPSA) is 55.6 Å². The van der Waals surface area contributed by atoms with Gasteiger partial charge in [0.15, 0.2) is 5.82 Å². The largest absolute Gasteiger partial charge is 0.307 e. The van der Waals surface area contributed by atoms with Crippen LogP contribution in [0.1, 0.15) is 42.8 Å². The molecular formula is C14H19N5. The Bertz CT molecular complexity index is 558. The lowest BCUT2D eigenvalue weighted by Crippen LogP contribution is -2.21. The van der Waals surface area contributed by atoms with Gasteiger partial charge < -0.3 is 5.32 Å². The van der Waals surface area contributed by atoms with Crippen molar-refractivity contribution < 1.29 is 0 Å². The first-order chi connectivity index (χ1) is 9.25. The normalized spacial score (nSPS) is 16.5. The summed E-state index contributed by atoms with van der Waals surface area (Å²) in [5.41, 5.74) is 2.54. The van der Waals surface area contributed by atoms with Crippen LogP contribution in [0.3, 0.4) is 0 Å². The zero-order valence-corrected chi connectivity index (χ0v) is 11.4. The standard InChI is InChI=1S/C14H19N5/c1-10-5-3-4-6-13(10)11(2)19-14(16-17-18-19)9-15-12-7-8-12/h3-6,11-12,15H,7-9H2,1-2H3. The van der Waals surface area contributed by atoms with E-state index in [-0.39, 0.29) is 6.04 Å². The van der Waals surface area contributed by atoms with Gasteiger partial charge in [-0.15, -0.1) is 5.10 Å². The van der Waals surface area contributed by atoms with Gasteiger partial charge >= 0.3 is 0 Å². The Morgan fingerprint density at radius 3 is 2.89 bits per heavy atom. The van der Waals surface area contributed by atoms with Crippen molar-refractivity contribution in [1.82, 2.24) is 25.5 Å². The van der Waals surface area contributed by atoms with Gasteiger partial charge in [-0.1, -0.05) is 24.3 Å². The van der Waals surface area contributed by atoms with Gasteiger partial charge in [-0.3, -0.25) is 0 Å². The summed E-state index contributed by atoms with van der Waals surface area (Å²) >= 11 is 0. The molecule has 1 aromatic carbocycles. The molecule has 0 amide bonds. The molecule has 0 saturated heterocycles. The van der Waals surface area contributed by atoms with E-state index in [4.69, 9.17) is 0 Å². The molecule has 1 aliphatic rings. The lowest BCUT2D eigenvalue weighted by Gasteiger charge is -2.16. The molecule has 1 aliphatic carbocycles. The summed E-state index contributed by atoms with van der Waals surface area (Å²) < 4.78 is 1.91. The molecule has 3 rings (SSSR count). The molecule has 5 heteroatoms. The first-order valence-corrected chi connectivity index (χ1v) is 6.81. The summed E-state index contributed by atoms with van der Waals surface area (Å²) in [6, 6.07) is 9.20. The van der Waals surface area contributed by atoms with Crippen molar-refractivity contribution in [3.63, 3.8) is 0 Å². The second-order valence-electron chi connectivity index (χ2n) is 5.23. The van der Waals surface area contributed by atoms with Crippen LogP contribution in [0.4, 0.5) is 0 Å². The minimum absolute atomic E-state index is 0.159. The van der Waals surface area contributed by atoms with Gasteiger partial charge in [-0.05, 0) is 48.2 Å². The molecule has 0 aliphatic heterocycles. The average Bonchev–Trinajstić information content (AvgIpc) is 3.13. The number of hydrogen-bond donors (Lipinski definition) is 1. The van der Waals surface area contributed by atoms with Crippen LogP contribution >= 0.6 is 0 Å². The Morgan fingerprint density at radius 2 is 2.16 bits per heavy atom. The van der Waals surface area contributed by atoms with Crippen molar-refractivity contribution >= 4 is 0 Å². The summed E-state index contributed by atoms with van der Waals surface area (Å²) in [4.78, 5) is 0. The molecule has 0 radical (unpaired) electrons. The monoisotopic (exact) mass is 257 g/mol. The zero-order valence-electron chi connectivity index (χ0n) is 11.4. The van der Waals surface area contributed by atoms with Crippen LogP contribution in [0.25, 0.3) is 0 Å². The molecule has 100 valence electrons. The Morgan fingerprint density at radius 1 is 1.37 bits per heavy atom. The quantitative estimate of drug-likeness (QED) is 0.888. The Hall–Kier alpha value is -1.75. The zero-order chi connectivity index (χ0) is 13.2. The van der Waals surface area contributed by atoms with E-state index in [1.165, 1.54) is 24.0 Å². The van der Waals surface area contributed by atoms with Crippen molar-refractivity contribution in [1.29, 1.82) is 0 Å². The van der Waals surface area contributed by atoms with Gasteiger partial charge in [-0.2, -0.15) is 0 Å². The molecule has 1 atom stereocenters. The number of hydrogen-bond acceptors (Lipinski definition) is 4. The van der Waals surface area contributed by atoms with Crippen molar-refractivity contribution in [2.75, 3.05) is 0 Å². The second-order valence-corrected chi connectivity index (χ2v) is 5.23. The SMILES string of the molecule is Cc1ccccc1C(C)n1nnnc1CNC1CC1. The summed E-state index contributed by atoms with van der Waals surface area (Å²) in [6.45, 7) is 5.01. The maximum absolute atomic E-state index is 4.15. The maximum Gasteiger partial charge on any atom is 0.165 e. The molecule has 1 fully saturated rings. The van der Waals surface area contributed by atoms with Crippen molar-refractivity contribution in [3.8, 4) is 0 Å². The number of rotatable bonds is 5. The third kappa shape index (κ3) is 2.66.